The lowest BCUT2D eigenvalue weighted by molar-refractivity contribution is -0.120. The van der Waals surface area contributed by atoms with Gasteiger partial charge in [0.2, 0.25) is 11.9 Å². The van der Waals surface area contributed by atoms with Crippen LogP contribution in [-0.2, 0) is 4.79 Å². The highest BCUT2D eigenvalue weighted by molar-refractivity contribution is 9.10. The monoisotopic (exact) mass is 256 g/mol. The van der Waals surface area contributed by atoms with Crippen LogP contribution in [0.25, 0.3) is 0 Å². The largest absolute Gasteiger partial charge is 0.353 e. The molecule has 5 nitrogen and oxygen atoms in total. The highest BCUT2D eigenvalue weighted by Gasteiger charge is 2.17. The van der Waals surface area contributed by atoms with Crippen LogP contribution >= 0.6 is 15.9 Å². The minimum absolute atomic E-state index is 0.0165. The van der Waals surface area contributed by atoms with Crippen LogP contribution in [0.5, 0.6) is 0 Å². The Kier molecular flexibility index (Phi) is 2.62. The van der Waals surface area contributed by atoms with E-state index in [2.05, 4.69) is 31.2 Å². The zero-order chi connectivity index (χ0) is 9.97. The smallest absolute Gasteiger partial charge is 0.239 e. The van der Waals surface area contributed by atoms with Crippen molar-refractivity contribution in [3.63, 3.8) is 0 Å². The topological polar surface area (TPSA) is 58.1 Å². The molecule has 0 aromatic carbocycles. The molecule has 6 heteroatoms. The molecular formula is C8H9BrN4O. The molecule has 1 amide bonds. The molecule has 0 aliphatic carbocycles. The summed E-state index contributed by atoms with van der Waals surface area (Å²) in [5.41, 5.74) is 0. The number of hydrogen-bond acceptors (Lipinski definition) is 4. The molecule has 0 spiro atoms. The van der Waals surface area contributed by atoms with Gasteiger partial charge in [0.15, 0.2) is 0 Å². The van der Waals surface area contributed by atoms with Crippen LogP contribution in [0, 0.1) is 0 Å². The van der Waals surface area contributed by atoms with E-state index < -0.39 is 0 Å². The molecule has 0 atom stereocenters. The van der Waals surface area contributed by atoms with Gasteiger partial charge < -0.3 is 10.2 Å². The summed E-state index contributed by atoms with van der Waals surface area (Å²) < 4.78 is 0.836. The van der Waals surface area contributed by atoms with Gasteiger partial charge in [0.05, 0.1) is 11.0 Å². The van der Waals surface area contributed by atoms with Crippen molar-refractivity contribution >= 4 is 27.8 Å². The third-order valence-corrected chi connectivity index (χ3v) is 2.34. The van der Waals surface area contributed by atoms with Gasteiger partial charge in [-0.3, -0.25) is 4.79 Å². The molecule has 1 aromatic rings. The maximum atomic E-state index is 11.1. The molecule has 74 valence electrons. The van der Waals surface area contributed by atoms with Gasteiger partial charge in [0.1, 0.15) is 0 Å². The lowest BCUT2D eigenvalue weighted by atomic mass is 10.4. The number of amides is 1. The number of halogens is 1. The van der Waals surface area contributed by atoms with Crippen LogP contribution in [-0.4, -0.2) is 35.5 Å². The summed E-state index contributed by atoms with van der Waals surface area (Å²) in [7, 11) is 0. The number of rotatable bonds is 1. The normalized spacial score (nSPS) is 16.6. The molecule has 14 heavy (non-hydrogen) atoms. The van der Waals surface area contributed by atoms with Gasteiger partial charge in [-0.2, -0.15) is 0 Å². The highest BCUT2D eigenvalue weighted by atomic mass is 79.9. The van der Waals surface area contributed by atoms with Gasteiger partial charge in [-0.1, -0.05) is 0 Å². The Morgan fingerprint density at radius 3 is 2.79 bits per heavy atom. The minimum Gasteiger partial charge on any atom is -0.353 e. The summed E-state index contributed by atoms with van der Waals surface area (Å²) in [6.07, 6.45) is 3.35. The number of carbonyl (C=O) groups excluding carboxylic acids is 1. The molecule has 1 aliphatic rings. The first-order valence-electron chi connectivity index (χ1n) is 4.25. The number of nitrogens with zero attached hydrogens (tertiary/aromatic N) is 3. The average Bonchev–Trinajstić information content (AvgIpc) is 2.19. The summed E-state index contributed by atoms with van der Waals surface area (Å²) in [5.74, 6) is 0.616. The number of aromatic nitrogens is 2. The highest BCUT2D eigenvalue weighted by Crippen LogP contribution is 2.11. The second kappa shape index (κ2) is 3.91. The van der Waals surface area contributed by atoms with Gasteiger partial charge >= 0.3 is 0 Å². The fraction of sp³-hybridized carbons (Fsp3) is 0.375. The van der Waals surface area contributed by atoms with E-state index in [9.17, 15) is 4.79 Å². The van der Waals surface area contributed by atoms with E-state index in [0.29, 0.717) is 19.0 Å². The molecule has 0 unspecified atom stereocenters. The number of nitrogens with one attached hydrogen (secondary N) is 1. The second-order valence-corrected chi connectivity index (χ2v) is 3.89. The molecule has 1 saturated heterocycles. The van der Waals surface area contributed by atoms with Crippen molar-refractivity contribution in [3.8, 4) is 0 Å². The van der Waals surface area contributed by atoms with E-state index in [1.54, 1.807) is 12.4 Å². The van der Waals surface area contributed by atoms with Crippen LogP contribution in [0.15, 0.2) is 16.9 Å². The van der Waals surface area contributed by atoms with Crippen molar-refractivity contribution in [1.82, 2.24) is 15.3 Å². The first-order valence-corrected chi connectivity index (χ1v) is 5.04. The molecule has 1 aromatic heterocycles. The SMILES string of the molecule is O=C1CN(c2ncc(Br)cn2)CCN1. The molecule has 0 radical (unpaired) electrons. The Labute approximate surface area is 89.7 Å². The van der Waals surface area contributed by atoms with Crippen molar-refractivity contribution in [3.05, 3.63) is 16.9 Å². The standard InChI is InChI=1S/C8H9BrN4O/c9-6-3-11-8(12-4-6)13-2-1-10-7(14)5-13/h3-4H,1-2,5H2,(H,10,14). The van der Waals surface area contributed by atoms with Crippen LogP contribution in [0.4, 0.5) is 5.95 Å². The Morgan fingerprint density at radius 1 is 1.43 bits per heavy atom. The Hall–Kier alpha value is -1.17. The van der Waals surface area contributed by atoms with Gasteiger partial charge in [-0.05, 0) is 15.9 Å². The van der Waals surface area contributed by atoms with E-state index in [-0.39, 0.29) is 5.91 Å². The zero-order valence-electron chi connectivity index (χ0n) is 7.40. The summed E-state index contributed by atoms with van der Waals surface area (Å²) in [4.78, 5) is 21.2. The molecule has 1 N–H and O–H groups in total. The first kappa shape index (κ1) is 9.39. The molecular weight excluding hydrogens is 248 g/mol. The van der Waals surface area contributed by atoms with Gasteiger partial charge in [-0.25, -0.2) is 9.97 Å². The van der Waals surface area contributed by atoms with Crippen LogP contribution in [0.2, 0.25) is 0 Å². The van der Waals surface area contributed by atoms with Crippen LogP contribution in [0.3, 0.4) is 0 Å². The van der Waals surface area contributed by atoms with Gasteiger partial charge in [0.25, 0.3) is 0 Å². The van der Waals surface area contributed by atoms with E-state index in [1.807, 2.05) is 4.90 Å². The third-order valence-electron chi connectivity index (χ3n) is 1.93. The predicted octanol–water partition coefficient (Wildman–Crippen LogP) is 0.175. The molecule has 2 rings (SSSR count). The van der Waals surface area contributed by atoms with E-state index in [4.69, 9.17) is 0 Å². The second-order valence-electron chi connectivity index (χ2n) is 2.97. The summed E-state index contributed by atoms with van der Waals surface area (Å²) in [6, 6.07) is 0. The summed E-state index contributed by atoms with van der Waals surface area (Å²) in [6.45, 7) is 1.74. The Balaban J connectivity index is 2.14. The summed E-state index contributed by atoms with van der Waals surface area (Å²) in [5, 5.41) is 2.75. The van der Waals surface area contributed by atoms with Gasteiger partial charge in [0, 0.05) is 25.5 Å². The Morgan fingerprint density at radius 2 is 2.14 bits per heavy atom. The number of hydrogen-bond donors (Lipinski definition) is 1. The first-order chi connectivity index (χ1) is 6.75. The molecule has 1 aliphatic heterocycles. The van der Waals surface area contributed by atoms with E-state index >= 15 is 0 Å². The van der Waals surface area contributed by atoms with E-state index in [1.165, 1.54) is 0 Å². The quantitative estimate of drug-likeness (QED) is 0.779. The van der Waals surface area contributed by atoms with Crippen molar-refractivity contribution in [2.24, 2.45) is 0 Å². The fourth-order valence-electron chi connectivity index (χ4n) is 1.28. The lowest BCUT2D eigenvalue weighted by Crippen LogP contribution is -2.48. The number of anilines is 1. The number of carbonyl (C=O) groups is 1. The van der Waals surface area contributed by atoms with E-state index in [0.717, 1.165) is 11.0 Å². The summed E-state index contributed by atoms with van der Waals surface area (Å²) >= 11 is 3.26. The van der Waals surface area contributed by atoms with Crippen LogP contribution < -0.4 is 10.2 Å². The average molecular weight is 257 g/mol. The molecule has 1 fully saturated rings. The van der Waals surface area contributed by atoms with Crippen molar-refractivity contribution < 1.29 is 4.79 Å². The minimum atomic E-state index is 0.0165. The van der Waals surface area contributed by atoms with Crippen molar-refractivity contribution in [1.29, 1.82) is 0 Å². The lowest BCUT2D eigenvalue weighted by Gasteiger charge is -2.26. The van der Waals surface area contributed by atoms with Crippen molar-refractivity contribution in [2.75, 3.05) is 24.5 Å². The Bertz CT molecular complexity index is 340. The van der Waals surface area contributed by atoms with Gasteiger partial charge in [-0.15, -0.1) is 0 Å². The molecule has 0 bridgehead atoms. The molecule has 2 heterocycles. The van der Waals surface area contributed by atoms with Crippen LogP contribution in [0.1, 0.15) is 0 Å². The zero-order valence-corrected chi connectivity index (χ0v) is 8.99. The fourth-order valence-corrected chi connectivity index (χ4v) is 1.48. The third kappa shape index (κ3) is 2.01. The predicted molar refractivity (Wildman–Crippen MR) is 55.0 cm³/mol. The molecule has 0 saturated carbocycles. The maximum Gasteiger partial charge on any atom is 0.239 e. The van der Waals surface area contributed by atoms with Crippen molar-refractivity contribution in [2.45, 2.75) is 0 Å². The maximum absolute atomic E-state index is 11.1. The number of piperazine rings is 1.